The van der Waals surface area contributed by atoms with E-state index >= 15 is 0 Å². The number of aromatic amines is 1. The molecule has 0 spiro atoms. The van der Waals surface area contributed by atoms with Gasteiger partial charge < -0.3 is 9.88 Å². The van der Waals surface area contributed by atoms with E-state index in [1.165, 1.54) is 0 Å². The van der Waals surface area contributed by atoms with E-state index in [2.05, 4.69) is 31.5 Å². The molecule has 3 aromatic rings. The van der Waals surface area contributed by atoms with Crippen LogP contribution in [0, 0.1) is 6.92 Å². The van der Waals surface area contributed by atoms with Gasteiger partial charge in [-0.25, -0.2) is 0 Å². The van der Waals surface area contributed by atoms with Crippen molar-refractivity contribution in [2.24, 2.45) is 0 Å². The van der Waals surface area contributed by atoms with Gasteiger partial charge in [0.05, 0.1) is 18.7 Å². The summed E-state index contributed by atoms with van der Waals surface area (Å²) in [7, 11) is 0. The molecule has 3 heterocycles. The summed E-state index contributed by atoms with van der Waals surface area (Å²) in [5, 5.41) is 13.9. The molecule has 2 N–H and O–H groups in total. The van der Waals surface area contributed by atoms with Gasteiger partial charge in [0.1, 0.15) is 0 Å². The Labute approximate surface area is 133 Å². The number of aromatic nitrogens is 3. The fourth-order valence-electron chi connectivity index (χ4n) is 2.41. The molecule has 0 fully saturated rings. The lowest BCUT2D eigenvalue weighted by molar-refractivity contribution is -0.121. The summed E-state index contributed by atoms with van der Waals surface area (Å²) in [5.74, 6) is 0.0329. The number of thiophene rings is 1. The molecule has 114 valence electrons. The van der Waals surface area contributed by atoms with Gasteiger partial charge in [-0.05, 0) is 41.4 Å². The Morgan fingerprint density at radius 2 is 2.27 bits per heavy atom. The molecule has 0 unspecified atom stereocenters. The number of carbonyl (C=O) groups is 1. The molecule has 0 aliphatic heterocycles. The largest absolute Gasteiger partial charge is 0.352 e. The number of nitrogens with one attached hydrogen (secondary N) is 2. The van der Waals surface area contributed by atoms with Gasteiger partial charge in [0.2, 0.25) is 5.91 Å². The van der Waals surface area contributed by atoms with Crippen molar-refractivity contribution < 1.29 is 4.79 Å². The van der Waals surface area contributed by atoms with Gasteiger partial charge in [0.15, 0.2) is 0 Å². The first-order valence-corrected chi connectivity index (χ1v) is 8.08. The third kappa shape index (κ3) is 3.28. The average Bonchev–Trinajstić information content (AvgIpc) is 3.25. The molecule has 0 bridgehead atoms. The SMILES string of the molecule is Cc1[nH]ncc1CNC(=O)C[C@H](c1ccsc1)n1cccc1. The van der Waals surface area contributed by atoms with E-state index in [0.717, 1.165) is 16.8 Å². The summed E-state index contributed by atoms with van der Waals surface area (Å²) in [5.41, 5.74) is 3.16. The Balaban J connectivity index is 1.66. The molecule has 22 heavy (non-hydrogen) atoms. The Morgan fingerprint density at radius 3 is 2.91 bits per heavy atom. The van der Waals surface area contributed by atoms with Crippen LogP contribution in [-0.4, -0.2) is 20.7 Å². The maximum atomic E-state index is 12.3. The van der Waals surface area contributed by atoms with Crippen molar-refractivity contribution >= 4 is 17.2 Å². The fraction of sp³-hybridized carbons (Fsp3) is 0.250. The lowest BCUT2D eigenvalue weighted by Crippen LogP contribution is -2.26. The number of nitrogens with zero attached hydrogens (tertiary/aromatic N) is 2. The molecule has 1 atom stereocenters. The third-order valence-corrected chi connectivity index (χ3v) is 4.41. The predicted molar refractivity (Wildman–Crippen MR) is 86.7 cm³/mol. The van der Waals surface area contributed by atoms with Crippen LogP contribution in [0.15, 0.2) is 47.5 Å². The third-order valence-electron chi connectivity index (χ3n) is 3.70. The molecule has 0 aliphatic carbocycles. The Hall–Kier alpha value is -2.34. The van der Waals surface area contributed by atoms with Crippen LogP contribution in [0.2, 0.25) is 0 Å². The molecule has 0 saturated heterocycles. The number of amides is 1. The van der Waals surface area contributed by atoms with Crippen molar-refractivity contribution in [1.29, 1.82) is 0 Å². The van der Waals surface area contributed by atoms with Crippen LogP contribution >= 0.6 is 11.3 Å². The molecule has 0 aliphatic rings. The van der Waals surface area contributed by atoms with E-state index in [0.29, 0.717) is 13.0 Å². The van der Waals surface area contributed by atoms with Crippen molar-refractivity contribution in [3.05, 3.63) is 64.4 Å². The molecule has 0 radical (unpaired) electrons. The summed E-state index contributed by atoms with van der Waals surface area (Å²) < 4.78 is 2.07. The normalized spacial score (nSPS) is 12.2. The topological polar surface area (TPSA) is 62.7 Å². The van der Waals surface area contributed by atoms with Gasteiger partial charge in [0.25, 0.3) is 0 Å². The molecule has 0 saturated carbocycles. The highest BCUT2D eigenvalue weighted by Gasteiger charge is 2.17. The quantitative estimate of drug-likeness (QED) is 0.735. The second kappa shape index (κ2) is 6.62. The minimum absolute atomic E-state index is 0.0329. The van der Waals surface area contributed by atoms with Crippen molar-refractivity contribution in [3.8, 4) is 0 Å². The molecule has 3 aromatic heterocycles. The molecule has 3 rings (SSSR count). The van der Waals surface area contributed by atoms with Crippen LogP contribution < -0.4 is 5.32 Å². The maximum absolute atomic E-state index is 12.3. The van der Waals surface area contributed by atoms with E-state index < -0.39 is 0 Å². The lowest BCUT2D eigenvalue weighted by atomic mass is 10.1. The second-order valence-electron chi connectivity index (χ2n) is 5.20. The molecule has 6 heteroatoms. The Bertz CT molecular complexity index is 681. The molecule has 0 aromatic carbocycles. The van der Waals surface area contributed by atoms with Crippen LogP contribution in [0.1, 0.15) is 29.3 Å². The first-order chi connectivity index (χ1) is 10.7. The van der Waals surface area contributed by atoms with Crippen LogP contribution in [0.3, 0.4) is 0 Å². The minimum atomic E-state index is 0.0329. The van der Waals surface area contributed by atoms with Crippen molar-refractivity contribution in [2.75, 3.05) is 0 Å². The van der Waals surface area contributed by atoms with E-state index in [4.69, 9.17) is 0 Å². The highest BCUT2D eigenvalue weighted by Crippen LogP contribution is 2.24. The van der Waals surface area contributed by atoms with Crippen molar-refractivity contribution in [2.45, 2.75) is 25.9 Å². The second-order valence-corrected chi connectivity index (χ2v) is 5.98. The summed E-state index contributed by atoms with van der Waals surface area (Å²) in [6, 6.07) is 6.06. The Kier molecular flexibility index (Phi) is 4.39. The number of H-pyrrole nitrogens is 1. The summed E-state index contributed by atoms with van der Waals surface area (Å²) in [6.45, 7) is 2.45. The minimum Gasteiger partial charge on any atom is -0.352 e. The fourth-order valence-corrected chi connectivity index (χ4v) is 3.12. The highest BCUT2D eigenvalue weighted by molar-refractivity contribution is 7.07. The van der Waals surface area contributed by atoms with E-state index in [-0.39, 0.29) is 11.9 Å². The molecular weight excluding hydrogens is 296 g/mol. The van der Waals surface area contributed by atoms with Gasteiger partial charge in [-0.2, -0.15) is 16.4 Å². The number of hydrogen-bond acceptors (Lipinski definition) is 3. The van der Waals surface area contributed by atoms with Crippen LogP contribution in [0.5, 0.6) is 0 Å². The zero-order valence-corrected chi connectivity index (χ0v) is 13.1. The number of carbonyl (C=O) groups excluding carboxylic acids is 1. The van der Waals surface area contributed by atoms with Gasteiger partial charge in [-0.3, -0.25) is 9.89 Å². The van der Waals surface area contributed by atoms with Crippen LogP contribution in [0.4, 0.5) is 0 Å². The van der Waals surface area contributed by atoms with E-state index in [1.807, 2.05) is 36.8 Å². The maximum Gasteiger partial charge on any atom is 0.222 e. The van der Waals surface area contributed by atoms with Crippen molar-refractivity contribution in [3.63, 3.8) is 0 Å². The van der Waals surface area contributed by atoms with Crippen LogP contribution in [0.25, 0.3) is 0 Å². The zero-order valence-electron chi connectivity index (χ0n) is 12.3. The van der Waals surface area contributed by atoms with E-state index in [1.54, 1.807) is 17.5 Å². The highest BCUT2D eigenvalue weighted by atomic mass is 32.1. The number of aryl methyl sites for hydroxylation is 1. The first kappa shape index (κ1) is 14.6. The van der Waals surface area contributed by atoms with Gasteiger partial charge in [0, 0.05) is 30.2 Å². The van der Waals surface area contributed by atoms with Gasteiger partial charge in [-0.1, -0.05) is 0 Å². The molecule has 1 amide bonds. The molecular formula is C16H18N4OS. The summed E-state index contributed by atoms with van der Waals surface area (Å²) in [4.78, 5) is 12.3. The predicted octanol–water partition coefficient (Wildman–Crippen LogP) is 2.88. The zero-order chi connectivity index (χ0) is 15.4. The Morgan fingerprint density at radius 1 is 1.45 bits per heavy atom. The van der Waals surface area contributed by atoms with Gasteiger partial charge in [-0.15, -0.1) is 0 Å². The van der Waals surface area contributed by atoms with Crippen LogP contribution in [-0.2, 0) is 11.3 Å². The lowest BCUT2D eigenvalue weighted by Gasteiger charge is -2.18. The van der Waals surface area contributed by atoms with Crippen molar-refractivity contribution in [1.82, 2.24) is 20.1 Å². The number of rotatable bonds is 6. The monoisotopic (exact) mass is 314 g/mol. The number of hydrogen-bond donors (Lipinski definition) is 2. The van der Waals surface area contributed by atoms with Gasteiger partial charge >= 0.3 is 0 Å². The summed E-state index contributed by atoms with van der Waals surface area (Å²) in [6.07, 6.45) is 6.16. The first-order valence-electron chi connectivity index (χ1n) is 7.14. The summed E-state index contributed by atoms with van der Waals surface area (Å²) >= 11 is 1.65. The standard InChI is InChI=1S/C16H18N4OS/c1-12-14(10-18-19-12)9-17-16(21)8-15(13-4-7-22-11-13)20-5-2-3-6-20/h2-7,10-11,15H,8-9H2,1H3,(H,17,21)(H,18,19)/t15-/m1/s1. The smallest absolute Gasteiger partial charge is 0.222 e. The average molecular weight is 314 g/mol. The molecule has 5 nitrogen and oxygen atoms in total. The van der Waals surface area contributed by atoms with E-state index in [9.17, 15) is 4.79 Å².